The van der Waals surface area contributed by atoms with Crippen molar-refractivity contribution in [3.05, 3.63) is 58.6 Å². The quantitative estimate of drug-likeness (QED) is 0.623. The second-order valence-electron chi connectivity index (χ2n) is 7.83. The summed E-state index contributed by atoms with van der Waals surface area (Å²) in [7, 11) is 3.81. The van der Waals surface area contributed by atoms with Gasteiger partial charge in [0.25, 0.3) is 5.56 Å². The second kappa shape index (κ2) is 8.40. The van der Waals surface area contributed by atoms with Gasteiger partial charge in [0.1, 0.15) is 6.33 Å². The van der Waals surface area contributed by atoms with E-state index in [0.717, 1.165) is 42.0 Å². The van der Waals surface area contributed by atoms with Crippen molar-refractivity contribution in [1.29, 1.82) is 0 Å². The molecule has 0 bridgehead atoms. The molecule has 1 fully saturated rings. The van der Waals surface area contributed by atoms with E-state index in [0.29, 0.717) is 17.2 Å². The molecule has 2 heterocycles. The van der Waals surface area contributed by atoms with Crippen LogP contribution in [-0.4, -0.2) is 53.2 Å². The highest BCUT2D eigenvalue weighted by Crippen LogP contribution is 2.51. The third-order valence-electron chi connectivity index (χ3n) is 5.99. The highest BCUT2D eigenvalue weighted by molar-refractivity contribution is 7.98. The lowest BCUT2D eigenvalue weighted by Crippen LogP contribution is -2.25. The van der Waals surface area contributed by atoms with E-state index in [1.165, 1.54) is 11.8 Å². The van der Waals surface area contributed by atoms with Crippen LogP contribution in [0.3, 0.4) is 0 Å². The maximum atomic E-state index is 13.4. The number of hydrogen-bond acceptors (Lipinski definition) is 6. The first kappa shape index (κ1) is 20.9. The Balaban J connectivity index is 1.78. The zero-order valence-electron chi connectivity index (χ0n) is 18.0. The fraction of sp³-hybridized carbons (Fsp3) is 0.435. The summed E-state index contributed by atoms with van der Waals surface area (Å²) in [6, 6.07) is 0. The molecular formula is C23H28N4O2S. The van der Waals surface area contributed by atoms with Crippen LogP contribution in [0, 0.1) is 5.92 Å². The molecule has 0 aromatic carbocycles. The molecule has 4 rings (SSSR count). The molecule has 0 amide bonds. The average molecular weight is 425 g/mol. The topological polar surface area (TPSA) is 59.7 Å². The molecule has 0 N–H and O–H groups in total. The van der Waals surface area contributed by atoms with Crippen molar-refractivity contribution in [2.24, 2.45) is 10.9 Å². The Bertz CT molecular complexity index is 1050. The van der Waals surface area contributed by atoms with E-state index in [-0.39, 0.29) is 11.2 Å². The average Bonchev–Trinajstić information content (AvgIpc) is 3.52. The summed E-state index contributed by atoms with van der Waals surface area (Å²) in [5, 5.41) is 0. The second-order valence-corrected chi connectivity index (χ2v) is 8.65. The van der Waals surface area contributed by atoms with E-state index < -0.39 is 0 Å². The molecule has 6 nitrogen and oxygen atoms in total. The number of rotatable bonds is 7. The minimum Gasteiger partial charge on any atom is -0.374 e. The summed E-state index contributed by atoms with van der Waals surface area (Å²) in [5.41, 5.74) is 3.50. The van der Waals surface area contributed by atoms with Gasteiger partial charge in [0.05, 0.1) is 16.2 Å². The van der Waals surface area contributed by atoms with Gasteiger partial charge in [-0.05, 0) is 31.2 Å². The number of ether oxygens (including phenoxy) is 1. The molecule has 158 valence electrons. The fourth-order valence-electron chi connectivity index (χ4n) is 4.20. The van der Waals surface area contributed by atoms with Crippen LogP contribution in [0.25, 0.3) is 11.3 Å². The molecule has 0 spiro atoms. The third kappa shape index (κ3) is 3.61. The number of hydrogen-bond donors (Lipinski definition) is 0. The number of likely N-dealkylation sites (N-methyl/N-ethyl adjacent to an activating group) is 1. The first-order valence-electron chi connectivity index (χ1n) is 10.3. The Morgan fingerprint density at radius 3 is 2.93 bits per heavy atom. The van der Waals surface area contributed by atoms with E-state index in [4.69, 9.17) is 9.72 Å². The number of fused-ring (bicyclic) bond motifs is 1. The van der Waals surface area contributed by atoms with Gasteiger partial charge in [-0.15, -0.1) is 11.8 Å². The molecule has 0 saturated heterocycles. The van der Waals surface area contributed by atoms with Crippen LogP contribution in [0.4, 0.5) is 0 Å². The number of methoxy groups -OCH3 is 1. The van der Waals surface area contributed by atoms with E-state index in [9.17, 15) is 4.79 Å². The Morgan fingerprint density at radius 2 is 2.23 bits per heavy atom. The standard InChI is InChI=1S/C23H28N4O2S/c1-5-12-26(2)19-8-11-24-10-7-18(19)20-21(30-4)22(28)27(15-25-20)17-6-9-23(29-3)14-16(23)13-17/h6,8-11,13,15-16H,5,7,12,14H2,1-4H3. The van der Waals surface area contributed by atoms with Gasteiger partial charge in [-0.2, -0.15) is 0 Å². The maximum absolute atomic E-state index is 13.4. The lowest BCUT2D eigenvalue weighted by atomic mass is 10.1. The summed E-state index contributed by atoms with van der Waals surface area (Å²) in [5.74, 6) is 0.326. The highest BCUT2D eigenvalue weighted by Gasteiger charge is 2.53. The van der Waals surface area contributed by atoms with Crippen molar-refractivity contribution >= 4 is 29.2 Å². The normalized spacial score (nSPS) is 24.5. The molecular weight excluding hydrogens is 396 g/mol. The summed E-state index contributed by atoms with van der Waals surface area (Å²) < 4.78 is 7.26. The van der Waals surface area contributed by atoms with Crippen molar-refractivity contribution < 1.29 is 4.74 Å². The van der Waals surface area contributed by atoms with E-state index in [2.05, 4.69) is 36.0 Å². The van der Waals surface area contributed by atoms with Gasteiger partial charge in [0.2, 0.25) is 0 Å². The SMILES string of the molecule is CCCN(C)C1=C(c2ncn(C3=CC4CC4(OC)C=C3)c(=O)c2SC)CC=NC=C1. The number of allylic oxidation sites excluding steroid dienone is 4. The Labute approximate surface area is 181 Å². The van der Waals surface area contributed by atoms with Crippen LogP contribution >= 0.6 is 11.8 Å². The predicted molar refractivity (Wildman–Crippen MR) is 124 cm³/mol. The van der Waals surface area contributed by atoms with Gasteiger partial charge >= 0.3 is 0 Å². The third-order valence-corrected chi connectivity index (χ3v) is 6.77. The lowest BCUT2D eigenvalue weighted by Gasteiger charge is -2.23. The van der Waals surface area contributed by atoms with Crippen LogP contribution in [-0.2, 0) is 4.74 Å². The first-order chi connectivity index (χ1) is 14.5. The first-order valence-corrected chi connectivity index (χ1v) is 11.5. The molecule has 3 aliphatic rings. The molecule has 2 atom stereocenters. The number of aromatic nitrogens is 2. The Kier molecular flexibility index (Phi) is 5.84. The van der Waals surface area contributed by atoms with Crippen molar-refractivity contribution in [3.8, 4) is 0 Å². The molecule has 1 saturated carbocycles. The molecule has 1 aliphatic heterocycles. The molecule has 2 unspecified atom stereocenters. The van der Waals surface area contributed by atoms with Gasteiger partial charge < -0.3 is 9.64 Å². The summed E-state index contributed by atoms with van der Waals surface area (Å²) in [6.45, 7) is 3.08. The van der Waals surface area contributed by atoms with Crippen LogP contribution in [0.5, 0.6) is 0 Å². The largest absolute Gasteiger partial charge is 0.374 e. The van der Waals surface area contributed by atoms with E-state index in [1.54, 1.807) is 18.0 Å². The van der Waals surface area contributed by atoms with Gasteiger partial charge in [-0.1, -0.05) is 19.1 Å². The van der Waals surface area contributed by atoms with Gasteiger partial charge in [-0.25, -0.2) is 4.98 Å². The molecule has 1 aromatic rings. The van der Waals surface area contributed by atoms with Crippen molar-refractivity contribution in [2.45, 2.75) is 36.7 Å². The van der Waals surface area contributed by atoms with Crippen LogP contribution < -0.4 is 5.56 Å². The lowest BCUT2D eigenvalue weighted by molar-refractivity contribution is 0.112. The van der Waals surface area contributed by atoms with Gasteiger partial charge in [-0.3, -0.25) is 14.4 Å². The summed E-state index contributed by atoms with van der Waals surface area (Å²) >= 11 is 1.45. The Morgan fingerprint density at radius 1 is 1.40 bits per heavy atom. The fourth-order valence-corrected chi connectivity index (χ4v) is 4.85. The zero-order valence-corrected chi connectivity index (χ0v) is 18.8. The molecule has 1 aromatic heterocycles. The summed E-state index contributed by atoms with van der Waals surface area (Å²) in [6.07, 6.45) is 18.1. The number of nitrogens with zero attached hydrogens (tertiary/aromatic N) is 4. The Hall–Kier alpha value is -2.38. The molecule has 30 heavy (non-hydrogen) atoms. The molecule has 2 aliphatic carbocycles. The minimum atomic E-state index is -0.168. The van der Waals surface area contributed by atoms with Crippen molar-refractivity contribution in [3.63, 3.8) is 0 Å². The predicted octanol–water partition coefficient (Wildman–Crippen LogP) is 3.82. The van der Waals surface area contributed by atoms with Crippen LogP contribution in [0.15, 0.2) is 57.2 Å². The van der Waals surface area contributed by atoms with Crippen molar-refractivity contribution in [1.82, 2.24) is 14.5 Å². The van der Waals surface area contributed by atoms with Gasteiger partial charge in [0, 0.05) is 62.4 Å². The number of thioether (sulfide) groups is 1. The molecule has 0 radical (unpaired) electrons. The molecule has 7 heteroatoms. The minimum absolute atomic E-state index is 0.0378. The highest BCUT2D eigenvalue weighted by atomic mass is 32.2. The van der Waals surface area contributed by atoms with Crippen molar-refractivity contribution in [2.75, 3.05) is 27.0 Å². The maximum Gasteiger partial charge on any atom is 0.272 e. The van der Waals surface area contributed by atoms with E-state index in [1.807, 2.05) is 30.8 Å². The number of aliphatic imine (C=N–C) groups is 1. The smallest absolute Gasteiger partial charge is 0.272 e. The van der Waals surface area contributed by atoms with Crippen LogP contribution in [0.2, 0.25) is 0 Å². The monoisotopic (exact) mass is 424 g/mol. The van der Waals surface area contributed by atoms with E-state index >= 15 is 0 Å². The van der Waals surface area contributed by atoms with Crippen LogP contribution in [0.1, 0.15) is 31.9 Å². The zero-order chi connectivity index (χ0) is 21.3. The summed E-state index contributed by atoms with van der Waals surface area (Å²) in [4.78, 5) is 25.4. The van der Waals surface area contributed by atoms with Gasteiger partial charge in [0.15, 0.2) is 0 Å².